The van der Waals surface area contributed by atoms with E-state index in [1.165, 1.54) is 5.56 Å². The lowest BCUT2D eigenvalue weighted by Crippen LogP contribution is -2.49. The summed E-state index contributed by atoms with van der Waals surface area (Å²) >= 11 is 12.2. The molecule has 0 atom stereocenters. The number of hydrogen-bond donors (Lipinski definition) is 1. The van der Waals surface area contributed by atoms with Gasteiger partial charge < -0.3 is 15.1 Å². The summed E-state index contributed by atoms with van der Waals surface area (Å²) in [6.45, 7) is 5.32. The fourth-order valence-corrected chi connectivity index (χ4v) is 5.16. The minimum Gasteiger partial charge on any atom is -0.338 e. The number of piperidine rings is 2. The van der Waals surface area contributed by atoms with Crippen LogP contribution >= 0.6 is 23.2 Å². The second-order valence-electron chi connectivity index (χ2n) is 8.81. The molecular formula is C25H29Cl2N3O2. The molecule has 0 radical (unpaired) electrons. The molecule has 32 heavy (non-hydrogen) atoms. The highest BCUT2D eigenvalue weighted by atomic mass is 35.5. The topological polar surface area (TPSA) is 52.7 Å². The van der Waals surface area contributed by atoms with Crippen molar-refractivity contribution >= 4 is 40.7 Å². The number of carbonyl (C=O) groups excluding carboxylic acids is 2. The van der Waals surface area contributed by atoms with E-state index in [1.54, 1.807) is 18.2 Å². The Hall–Kier alpha value is -2.08. The average molecular weight is 474 g/mol. The predicted molar refractivity (Wildman–Crippen MR) is 129 cm³/mol. The summed E-state index contributed by atoms with van der Waals surface area (Å²) in [5.74, 6) is 0.145. The highest BCUT2D eigenvalue weighted by molar-refractivity contribution is 6.36. The molecule has 170 valence electrons. The molecule has 0 unspecified atom stereocenters. The van der Waals surface area contributed by atoms with E-state index in [0.717, 1.165) is 57.5 Å². The van der Waals surface area contributed by atoms with E-state index in [9.17, 15) is 9.59 Å². The van der Waals surface area contributed by atoms with Crippen LogP contribution in [-0.4, -0.2) is 53.8 Å². The molecule has 0 spiro atoms. The number of benzene rings is 2. The van der Waals surface area contributed by atoms with E-state index >= 15 is 0 Å². The number of aryl methyl sites for hydroxylation is 1. The van der Waals surface area contributed by atoms with Gasteiger partial charge in [0.15, 0.2) is 0 Å². The number of hydrogen-bond acceptors (Lipinski definition) is 3. The Morgan fingerprint density at radius 2 is 1.56 bits per heavy atom. The fraction of sp³-hybridized carbons (Fsp3) is 0.440. The number of halogens is 2. The zero-order valence-corrected chi connectivity index (χ0v) is 19.8. The first-order valence-corrected chi connectivity index (χ1v) is 12.0. The monoisotopic (exact) mass is 473 g/mol. The molecule has 0 aliphatic carbocycles. The predicted octanol–water partition coefficient (Wildman–Crippen LogP) is 5.26. The van der Waals surface area contributed by atoms with Crippen LogP contribution in [-0.2, 0) is 4.79 Å². The third-order valence-electron chi connectivity index (χ3n) is 6.65. The summed E-state index contributed by atoms with van der Waals surface area (Å²) in [4.78, 5) is 29.9. The molecule has 2 aliphatic heterocycles. The van der Waals surface area contributed by atoms with Crippen molar-refractivity contribution in [3.05, 3.63) is 63.6 Å². The lowest BCUT2D eigenvalue weighted by Gasteiger charge is -2.41. The number of nitrogens with zero attached hydrogens (tertiary/aromatic N) is 2. The van der Waals surface area contributed by atoms with Gasteiger partial charge in [0.1, 0.15) is 0 Å². The largest absolute Gasteiger partial charge is 0.338 e. The summed E-state index contributed by atoms with van der Waals surface area (Å²) < 4.78 is 0. The molecule has 0 saturated carbocycles. The summed E-state index contributed by atoms with van der Waals surface area (Å²) in [6.07, 6.45) is 3.63. The van der Waals surface area contributed by atoms with Crippen LogP contribution in [0.15, 0.2) is 42.5 Å². The van der Waals surface area contributed by atoms with Gasteiger partial charge in [-0.15, -0.1) is 0 Å². The molecule has 2 aromatic rings. The molecule has 0 aromatic heterocycles. The smallest absolute Gasteiger partial charge is 0.255 e. The molecule has 2 amide bonds. The molecule has 2 fully saturated rings. The second-order valence-corrected chi connectivity index (χ2v) is 9.66. The van der Waals surface area contributed by atoms with Gasteiger partial charge in [-0.05, 0) is 76.0 Å². The van der Waals surface area contributed by atoms with Crippen LogP contribution in [0.4, 0.5) is 5.69 Å². The molecule has 4 rings (SSSR count). The van der Waals surface area contributed by atoms with E-state index in [4.69, 9.17) is 23.2 Å². The molecule has 2 saturated heterocycles. The maximum atomic E-state index is 12.8. The van der Waals surface area contributed by atoms with E-state index in [-0.39, 0.29) is 17.7 Å². The van der Waals surface area contributed by atoms with Crippen LogP contribution in [0.25, 0.3) is 0 Å². The molecule has 2 aromatic carbocycles. The first-order valence-electron chi connectivity index (χ1n) is 11.3. The minimum atomic E-state index is -0.0309. The Bertz CT molecular complexity index is 964. The number of rotatable bonds is 4. The molecule has 7 heteroatoms. The van der Waals surface area contributed by atoms with Gasteiger partial charge in [0.05, 0.1) is 10.6 Å². The highest BCUT2D eigenvalue weighted by Gasteiger charge is 2.32. The summed E-state index contributed by atoms with van der Waals surface area (Å²) in [6, 6.07) is 13.4. The van der Waals surface area contributed by atoms with Crippen LogP contribution in [0, 0.1) is 12.8 Å². The normalized spacial score (nSPS) is 18.5. The molecule has 0 bridgehead atoms. The molecule has 1 N–H and O–H groups in total. The van der Waals surface area contributed by atoms with E-state index < -0.39 is 0 Å². The van der Waals surface area contributed by atoms with Gasteiger partial charge in [0, 0.05) is 35.8 Å². The zero-order valence-electron chi connectivity index (χ0n) is 18.3. The van der Waals surface area contributed by atoms with Gasteiger partial charge in [0.2, 0.25) is 5.91 Å². The molecule has 2 aliphatic rings. The summed E-state index contributed by atoms with van der Waals surface area (Å²) in [5.41, 5.74) is 2.55. The van der Waals surface area contributed by atoms with Gasteiger partial charge in [-0.2, -0.15) is 0 Å². The maximum Gasteiger partial charge on any atom is 0.255 e. The molecule has 5 nitrogen and oxygen atoms in total. The van der Waals surface area contributed by atoms with Crippen molar-refractivity contribution in [2.45, 2.75) is 38.6 Å². The minimum absolute atomic E-state index is 0.0309. The maximum absolute atomic E-state index is 12.8. The van der Waals surface area contributed by atoms with Crippen molar-refractivity contribution in [1.29, 1.82) is 0 Å². The van der Waals surface area contributed by atoms with Crippen LogP contribution in [0.3, 0.4) is 0 Å². The van der Waals surface area contributed by atoms with Gasteiger partial charge in [-0.1, -0.05) is 40.9 Å². The molecule has 2 heterocycles. The third kappa shape index (κ3) is 5.45. The zero-order chi connectivity index (χ0) is 22.7. The fourth-order valence-electron chi connectivity index (χ4n) is 4.68. The standard InChI is InChI=1S/C25H29Cl2N3O2/c1-17-2-5-20(6-3-17)28-24(31)18-8-12-29(13-9-18)21-10-14-30(15-11-21)25(32)22-7-4-19(26)16-23(22)27/h2-7,16,18,21H,8-15H2,1H3,(H,28,31). The lowest BCUT2D eigenvalue weighted by atomic mass is 9.92. The van der Waals surface area contributed by atoms with Gasteiger partial charge >= 0.3 is 0 Å². The third-order valence-corrected chi connectivity index (χ3v) is 7.20. The van der Waals surface area contributed by atoms with Gasteiger partial charge in [-0.3, -0.25) is 9.59 Å². The first-order chi connectivity index (χ1) is 15.4. The lowest BCUT2D eigenvalue weighted by molar-refractivity contribution is -0.121. The highest BCUT2D eigenvalue weighted by Crippen LogP contribution is 2.27. The number of likely N-dealkylation sites (tertiary alicyclic amines) is 2. The Morgan fingerprint density at radius 1 is 0.906 bits per heavy atom. The van der Waals surface area contributed by atoms with E-state index in [0.29, 0.717) is 21.7 Å². The van der Waals surface area contributed by atoms with E-state index in [1.807, 2.05) is 36.1 Å². The summed E-state index contributed by atoms with van der Waals surface area (Å²) in [5, 5.41) is 3.98. The van der Waals surface area contributed by atoms with E-state index in [2.05, 4.69) is 10.2 Å². The number of carbonyl (C=O) groups is 2. The van der Waals surface area contributed by atoms with Crippen molar-refractivity contribution in [3.63, 3.8) is 0 Å². The van der Waals surface area contributed by atoms with Crippen LogP contribution in [0.5, 0.6) is 0 Å². The van der Waals surface area contributed by atoms with Crippen molar-refractivity contribution < 1.29 is 9.59 Å². The van der Waals surface area contributed by atoms with Crippen molar-refractivity contribution in [2.75, 3.05) is 31.5 Å². The van der Waals surface area contributed by atoms with Gasteiger partial charge in [0.25, 0.3) is 5.91 Å². The first kappa shape index (κ1) is 23.1. The Labute approximate surface area is 199 Å². The summed E-state index contributed by atoms with van der Waals surface area (Å²) in [7, 11) is 0. The SMILES string of the molecule is Cc1ccc(NC(=O)C2CCN(C3CCN(C(=O)c4ccc(Cl)cc4Cl)CC3)CC2)cc1. The van der Waals surface area contributed by atoms with Crippen LogP contribution in [0.2, 0.25) is 10.0 Å². The number of amides is 2. The molecular weight excluding hydrogens is 445 g/mol. The quantitative estimate of drug-likeness (QED) is 0.658. The Balaban J connectivity index is 1.24. The van der Waals surface area contributed by atoms with Gasteiger partial charge in [-0.25, -0.2) is 0 Å². The van der Waals surface area contributed by atoms with Crippen molar-refractivity contribution in [2.24, 2.45) is 5.92 Å². The van der Waals surface area contributed by atoms with Crippen molar-refractivity contribution in [3.8, 4) is 0 Å². The second kappa shape index (κ2) is 10.2. The van der Waals surface area contributed by atoms with Crippen molar-refractivity contribution in [1.82, 2.24) is 9.80 Å². The average Bonchev–Trinajstić information content (AvgIpc) is 2.80. The van der Waals surface area contributed by atoms with Crippen LogP contribution in [0.1, 0.15) is 41.6 Å². The Morgan fingerprint density at radius 3 is 2.19 bits per heavy atom. The van der Waals surface area contributed by atoms with Crippen LogP contribution < -0.4 is 5.32 Å². The number of anilines is 1. The Kier molecular flexibility index (Phi) is 7.39. The number of nitrogens with one attached hydrogen (secondary N) is 1.